The molecule has 0 radical (unpaired) electrons. The fourth-order valence-corrected chi connectivity index (χ4v) is 3.44. The number of para-hydroxylation sites is 1. The maximum Gasteiger partial charge on any atom is 0.274 e. The average molecular weight is 343 g/mol. The summed E-state index contributed by atoms with van der Waals surface area (Å²) in [7, 11) is 0. The molecule has 1 aromatic heterocycles. The van der Waals surface area contributed by atoms with Gasteiger partial charge in [0.25, 0.3) is 5.91 Å². The molecule has 1 heterocycles. The van der Waals surface area contributed by atoms with Crippen molar-refractivity contribution in [2.75, 3.05) is 26.3 Å². The van der Waals surface area contributed by atoms with E-state index in [1.54, 1.807) is 0 Å². The molecule has 0 unspecified atom stereocenters. The lowest BCUT2D eigenvalue weighted by Gasteiger charge is -2.20. The van der Waals surface area contributed by atoms with Crippen LogP contribution >= 0.6 is 0 Å². The Kier molecular flexibility index (Phi) is 5.83. The van der Waals surface area contributed by atoms with Gasteiger partial charge in [-0.3, -0.25) is 4.79 Å². The van der Waals surface area contributed by atoms with Crippen molar-refractivity contribution >= 4 is 5.91 Å². The van der Waals surface area contributed by atoms with Crippen LogP contribution in [-0.4, -0.2) is 57.1 Å². The third-order valence-corrected chi connectivity index (χ3v) is 4.66. The second kappa shape index (κ2) is 8.27. The van der Waals surface area contributed by atoms with Gasteiger partial charge in [0.05, 0.1) is 18.9 Å². The minimum Gasteiger partial charge on any atom is -0.395 e. The summed E-state index contributed by atoms with van der Waals surface area (Å²) in [6.07, 6.45) is 5.04. The predicted octanol–water partition coefficient (Wildman–Crippen LogP) is 1.57. The van der Waals surface area contributed by atoms with Crippen LogP contribution in [0.4, 0.5) is 0 Å². The summed E-state index contributed by atoms with van der Waals surface area (Å²) < 4.78 is 1.89. The Balaban J connectivity index is 2.04. The molecule has 1 aliphatic rings. The summed E-state index contributed by atoms with van der Waals surface area (Å²) in [5.74, 6) is -0.212. The van der Waals surface area contributed by atoms with E-state index in [0.717, 1.165) is 49.0 Å². The highest BCUT2D eigenvalue weighted by molar-refractivity contribution is 5.94. The van der Waals surface area contributed by atoms with E-state index in [2.05, 4.69) is 5.10 Å². The van der Waals surface area contributed by atoms with Crippen molar-refractivity contribution in [1.82, 2.24) is 14.7 Å². The van der Waals surface area contributed by atoms with E-state index in [9.17, 15) is 15.0 Å². The van der Waals surface area contributed by atoms with Crippen molar-refractivity contribution in [1.29, 1.82) is 0 Å². The van der Waals surface area contributed by atoms with E-state index in [1.165, 1.54) is 4.90 Å². The number of rotatable bonds is 6. The van der Waals surface area contributed by atoms with Crippen LogP contribution in [0.25, 0.3) is 5.69 Å². The Morgan fingerprint density at radius 2 is 1.72 bits per heavy atom. The quantitative estimate of drug-likeness (QED) is 0.781. The third kappa shape index (κ3) is 3.75. The monoisotopic (exact) mass is 343 g/mol. The number of carbonyl (C=O) groups is 1. The van der Waals surface area contributed by atoms with Crippen LogP contribution in [0.2, 0.25) is 0 Å². The van der Waals surface area contributed by atoms with Crippen LogP contribution in [0.15, 0.2) is 30.3 Å². The minimum absolute atomic E-state index is 0.132. The molecule has 1 aromatic carbocycles. The molecule has 1 aliphatic carbocycles. The van der Waals surface area contributed by atoms with Gasteiger partial charge in [0.2, 0.25) is 0 Å². The fourth-order valence-electron chi connectivity index (χ4n) is 3.44. The zero-order chi connectivity index (χ0) is 17.6. The van der Waals surface area contributed by atoms with E-state index < -0.39 is 0 Å². The highest BCUT2D eigenvalue weighted by Crippen LogP contribution is 2.27. The number of aromatic nitrogens is 2. The first-order valence-electron chi connectivity index (χ1n) is 8.93. The number of nitrogens with zero attached hydrogens (tertiary/aromatic N) is 3. The standard InChI is InChI=1S/C19H25N3O3/c23-13-11-21(12-14-24)19(25)18-16-9-5-2-6-10-17(16)22(20-18)15-7-3-1-4-8-15/h1,3-4,7-8,23-24H,2,5-6,9-14H2. The van der Waals surface area contributed by atoms with Crippen LogP contribution in [0.1, 0.15) is 41.0 Å². The molecule has 2 aromatic rings. The van der Waals surface area contributed by atoms with Gasteiger partial charge in [0, 0.05) is 24.3 Å². The predicted molar refractivity (Wildman–Crippen MR) is 94.9 cm³/mol. The van der Waals surface area contributed by atoms with Crippen LogP contribution in [-0.2, 0) is 12.8 Å². The van der Waals surface area contributed by atoms with Gasteiger partial charge in [-0.15, -0.1) is 0 Å². The maximum atomic E-state index is 13.0. The first kappa shape index (κ1) is 17.6. The second-order valence-electron chi connectivity index (χ2n) is 6.32. The van der Waals surface area contributed by atoms with Gasteiger partial charge in [0.1, 0.15) is 0 Å². The molecule has 0 atom stereocenters. The Morgan fingerprint density at radius 3 is 2.40 bits per heavy atom. The van der Waals surface area contributed by atoms with Gasteiger partial charge < -0.3 is 15.1 Å². The lowest BCUT2D eigenvalue weighted by Crippen LogP contribution is -2.36. The third-order valence-electron chi connectivity index (χ3n) is 4.66. The molecule has 3 rings (SSSR count). The Hall–Kier alpha value is -2.18. The van der Waals surface area contributed by atoms with Crippen molar-refractivity contribution in [3.63, 3.8) is 0 Å². The molecule has 0 saturated heterocycles. The average Bonchev–Trinajstić information content (AvgIpc) is 2.83. The van der Waals surface area contributed by atoms with Gasteiger partial charge in [-0.1, -0.05) is 24.6 Å². The van der Waals surface area contributed by atoms with E-state index >= 15 is 0 Å². The number of fused-ring (bicyclic) bond motifs is 1. The molecular formula is C19H25N3O3. The van der Waals surface area contributed by atoms with Crippen LogP contribution in [0.5, 0.6) is 0 Å². The van der Waals surface area contributed by atoms with Gasteiger partial charge in [-0.25, -0.2) is 4.68 Å². The highest BCUT2D eigenvalue weighted by atomic mass is 16.3. The normalized spacial score (nSPS) is 14.0. The molecule has 0 bridgehead atoms. The molecule has 0 aliphatic heterocycles. The minimum atomic E-state index is -0.212. The zero-order valence-corrected chi connectivity index (χ0v) is 14.4. The first-order chi connectivity index (χ1) is 12.3. The molecule has 25 heavy (non-hydrogen) atoms. The molecule has 134 valence electrons. The Morgan fingerprint density at radius 1 is 1.04 bits per heavy atom. The van der Waals surface area contributed by atoms with Crippen molar-refractivity contribution in [3.05, 3.63) is 47.3 Å². The number of benzene rings is 1. The molecule has 0 saturated carbocycles. The summed E-state index contributed by atoms with van der Waals surface area (Å²) in [5.41, 5.74) is 3.55. The summed E-state index contributed by atoms with van der Waals surface area (Å²) in [6.45, 7) is 0.138. The van der Waals surface area contributed by atoms with Crippen molar-refractivity contribution in [3.8, 4) is 5.69 Å². The molecule has 1 amide bonds. The number of carbonyl (C=O) groups excluding carboxylic acids is 1. The van der Waals surface area contributed by atoms with Gasteiger partial charge in [-0.05, 0) is 37.8 Å². The van der Waals surface area contributed by atoms with Gasteiger partial charge in [0.15, 0.2) is 5.69 Å². The molecular weight excluding hydrogens is 318 g/mol. The number of aliphatic hydroxyl groups excluding tert-OH is 2. The Bertz CT molecular complexity index is 706. The topological polar surface area (TPSA) is 78.6 Å². The summed E-state index contributed by atoms with van der Waals surface area (Å²) in [5, 5.41) is 23.1. The molecule has 2 N–H and O–H groups in total. The van der Waals surface area contributed by atoms with E-state index in [1.807, 2.05) is 35.0 Å². The zero-order valence-electron chi connectivity index (χ0n) is 14.4. The van der Waals surface area contributed by atoms with Crippen molar-refractivity contribution in [2.24, 2.45) is 0 Å². The van der Waals surface area contributed by atoms with E-state index in [4.69, 9.17) is 0 Å². The van der Waals surface area contributed by atoms with Gasteiger partial charge >= 0.3 is 0 Å². The Labute approximate surface area is 147 Å². The van der Waals surface area contributed by atoms with Crippen molar-refractivity contribution < 1.29 is 15.0 Å². The van der Waals surface area contributed by atoms with Crippen LogP contribution < -0.4 is 0 Å². The van der Waals surface area contributed by atoms with Crippen molar-refractivity contribution in [2.45, 2.75) is 32.1 Å². The molecule has 0 fully saturated rings. The highest BCUT2D eigenvalue weighted by Gasteiger charge is 2.27. The summed E-state index contributed by atoms with van der Waals surface area (Å²) >= 11 is 0. The van der Waals surface area contributed by atoms with E-state index in [0.29, 0.717) is 5.69 Å². The fraction of sp³-hybridized carbons (Fsp3) is 0.474. The lowest BCUT2D eigenvalue weighted by molar-refractivity contribution is 0.0677. The first-order valence-corrected chi connectivity index (χ1v) is 8.93. The van der Waals surface area contributed by atoms with Crippen LogP contribution in [0, 0.1) is 0 Å². The summed E-state index contributed by atoms with van der Waals surface area (Å²) in [4.78, 5) is 14.5. The maximum absolute atomic E-state index is 13.0. The van der Waals surface area contributed by atoms with Crippen LogP contribution in [0.3, 0.4) is 0 Å². The number of amides is 1. The number of hydrogen-bond donors (Lipinski definition) is 2. The van der Waals surface area contributed by atoms with Gasteiger partial charge in [-0.2, -0.15) is 5.10 Å². The molecule has 6 heteroatoms. The largest absolute Gasteiger partial charge is 0.395 e. The lowest BCUT2D eigenvalue weighted by atomic mass is 10.1. The van der Waals surface area contributed by atoms with E-state index in [-0.39, 0.29) is 32.2 Å². The number of hydrogen-bond acceptors (Lipinski definition) is 4. The molecule has 6 nitrogen and oxygen atoms in total. The smallest absolute Gasteiger partial charge is 0.274 e. The second-order valence-corrected chi connectivity index (χ2v) is 6.32. The summed E-state index contributed by atoms with van der Waals surface area (Å²) in [6, 6.07) is 9.87. The number of aliphatic hydroxyl groups is 2. The molecule has 0 spiro atoms. The SMILES string of the molecule is O=C(c1nn(-c2ccccc2)c2c1CCCCC2)N(CCO)CCO.